The average Bonchev–Trinajstić information content (AvgIpc) is 3.06. The van der Waals surface area contributed by atoms with Crippen molar-refractivity contribution in [3.8, 4) is 6.07 Å². The van der Waals surface area contributed by atoms with Gasteiger partial charge in [-0.15, -0.1) is 11.3 Å². The lowest BCUT2D eigenvalue weighted by atomic mass is 10.1. The maximum Gasteiger partial charge on any atom is 0.249 e. The fraction of sp³-hybridized carbons (Fsp3) is 0.333. The molecular formula is C18H20N4OS. The van der Waals surface area contributed by atoms with Crippen molar-refractivity contribution in [2.24, 2.45) is 5.73 Å². The number of nitriles is 1. The number of primary amides is 1. The van der Waals surface area contributed by atoms with E-state index in [1.165, 1.54) is 5.56 Å². The van der Waals surface area contributed by atoms with Gasteiger partial charge in [0.1, 0.15) is 6.04 Å². The third-order valence-electron chi connectivity index (χ3n) is 4.27. The van der Waals surface area contributed by atoms with Crippen molar-refractivity contribution in [1.82, 2.24) is 9.80 Å². The molecule has 1 fully saturated rings. The molecular weight excluding hydrogens is 320 g/mol. The van der Waals surface area contributed by atoms with E-state index < -0.39 is 0 Å². The summed E-state index contributed by atoms with van der Waals surface area (Å²) in [5.74, 6) is -0.389. The molecule has 2 aromatic rings. The van der Waals surface area contributed by atoms with E-state index in [1.807, 2.05) is 24.3 Å². The van der Waals surface area contributed by atoms with Crippen LogP contribution in [0.5, 0.6) is 0 Å². The van der Waals surface area contributed by atoms with Gasteiger partial charge >= 0.3 is 0 Å². The fourth-order valence-corrected chi connectivity index (χ4v) is 3.88. The summed E-state index contributed by atoms with van der Waals surface area (Å²) in [5.41, 5.74) is 7.10. The molecule has 1 amide bonds. The van der Waals surface area contributed by atoms with E-state index in [2.05, 4.69) is 28.0 Å². The second-order valence-electron chi connectivity index (χ2n) is 6.00. The van der Waals surface area contributed by atoms with Crippen LogP contribution < -0.4 is 5.73 Å². The number of rotatable bonds is 5. The molecule has 2 heterocycles. The molecule has 0 spiro atoms. The zero-order valence-electron chi connectivity index (χ0n) is 13.4. The predicted molar refractivity (Wildman–Crippen MR) is 94.4 cm³/mol. The Morgan fingerprint density at radius 3 is 2.75 bits per heavy atom. The standard InChI is InChI=1S/C18H20N4OS/c19-9-16-11-21(12-17-8-15(13-24-17)18(20)23)6-7-22(16)10-14-4-2-1-3-5-14/h1-5,8,13,16H,6-7,10-12H2,(H2,20,23)/t16-/m0/s1. The third kappa shape index (κ3) is 4.01. The summed E-state index contributed by atoms with van der Waals surface area (Å²) < 4.78 is 0. The van der Waals surface area contributed by atoms with Crippen LogP contribution in [0.4, 0.5) is 0 Å². The van der Waals surface area contributed by atoms with E-state index in [0.29, 0.717) is 12.1 Å². The van der Waals surface area contributed by atoms with Crippen molar-refractivity contribution in [1.29, 1.82) is 5.26 Å². The SMILES string of the molecule is N#C[C@H]1CN(Cc2cc(C(N)=O)cs2)CCN1Cc1ccccc1. The van der Waals surface area contributed by atoms with Crippen LogP contribution in [-0.2, 0) is 13.1 Å². The van der Waals surface area contributed by atoms with Crippen LogP contribution in [0.3, 0.4) is 0 Å². The predicted octanol–water partition coefficient (Wildman–Crippen LogP) is 2.06. The zero-order chi connectivity index (χ0) is 16.9. The van der Waals surface area contributed by atoms with Gasteiger partial charge in [-0.3, -0.25) is 14.6 Å². The van der Waals surface area contributed by atoms with Crippen LogP contribution in [0.1, 0.15) is 20.8 Å². The molecule has 1 aliphatic rings. The number of carbonyl (C=O) groups excluding carboxylic acids is 1. The minimum Gasteiger partial charge on any atom is -0.366 e. The third-order valence-corrected chi connectivity index (χ3v) is 5.19. The fourth-order valence-electron chi connectivity index (χ4n) is 2.96. The van der Waals surface area contributed by atoms with Crippen molar-refractivity contribution in [2.45, 2.75) is 19.1 Å². The van der Waals surface area contributed by atoms with Gasteiger partial charge < -0.3 is 5.73 Å². The molecule has 6 heteroatoms. The van der Waals surface area contributed by atoms with Gasteiger partial charge in [0, 0.05) is 43.0 Å². The van der Waals surface area contributed by atoms with Crippen molar-refractivity contribution in [3.05, 3.63) is 57.8 Å². The summed E-state index contributed by atoms with van der Waals surface area (Å²) in [7, 11) is 0. The maximum atomic E-state index is 11.2. The number of benzene rings is 1. The second-order valence-corrected chi connectivity index (χ2v) is 7.00. The molecule has 1 atom stereocenters. The van der Waals surface area contributed by atoms with Crippen molar-refractivity contribution >= 4 is 17.2 Å². The van der Waals surface area contributed by atoms with Crippen LogP contribution >= 0.6 is 11.3 Å². The first-order valence-corrected chi connectivity index (χ1v) is 8.81. The minimum atomic E-state index is -0.389. The molecule has 5 nitrogen and oxygen atoms in total. The highest BCUT2D eigenvalue weighted by atomic mass is 32.1. The molecule has 3 rings (SSSR count). The molecule has 0 unspecified atom stereocenters. The molecule has 0 aliphatic carbocycles. The first kappa shape index (κ1) is 16.7. The van der Waals surface area contributed by atoms with Gasteiger partial charge in [0.15, 0.2) is 0 Å². The first-order chi connectivity index (χ1) is 11.7. The highest BCUT2D eigenvalue weighted by molar-refractivity contribution is 7.10. The summed E-state index contributed by atoms with van der Waals surface area (Å²) >= 11 is 1.54. The molecule has 2 N–H and O–H groups in total. The maximum absolute atomic E-state index is 11.2. The molecule has 124 valence electrons. The van der Waals surface area contributed by atoms with E-state index in [0.717, 1.165) is 31.1 Å². The lowest BCUT2D eigenvalue weighted by Gasteiger charge is -2.38. The average molecular weight is 340 g/mol. The van der Waals surface area contributed by atoms with Crippen LogP contribution in [-0.4, -0.2) is 41.4 Å². The summed E-state index contributed by atoms with van der Waals surface area (Å²) in [4.78, 5) is 16.8. The lowest BCUT2D eigenvalue weighted by Crippen LogP contribution is -2.51. The number of nitrogens with two attached hydrogens (primary N) is 1. The van der Waals surface area contributed by atoms with Crippen LogP contribution in [0.2, 0.25) is 0 Å². The minimum absolute atomic E-state index is 0.116. The Balaban J connectivity index is 1.60. The molecule has 1 saturated heterocycles. The highest BCUT2D eigenvalue weighted by Crippen LogP contribution is 2.20. The van der Waals surface area contributed by atoms with Crippen molar-refractivity contribution in [2.75, 3.05) is 19.6 Å². The number of hydrogen-bond donors (Lipinski definition) is 1. The Morgan fingerprint density at radius 2 is 2.08 bits per heavy atom. The molecule has 24 heavy (non-hydrogen) atoms. The van der Waals surface area contributed by atoms with Crippen molar-refractivity contribution in [3.63, 3.8) is 0 Å². The smallest absolute Gasteiger partial charge is 0.249 e. The Hall–Kier alpha value is -2.20. The Labute approximate surface area is 145 Å². The van der Waals surface area contributed by atoms with E-state index in [9.17, 15) is 10.1 Å². The molecule has 1 aliphatic heterocycles. The quantitative estimate of drug-likeness (QED) is 0.904. The summed E-state index contributed by atoms with van der Waals surface area (Å²) in [6, 6.07) is 14.4. The number of thiophene rings is 1. The molecule has 1 aromatic carbocycles. The molecule has 0 radical (unpaired) electrons. The van der Waals surface area contributed by atoms with Gasteiger partial charge in [0.05, 0.1) is 11.6 Å². The number of hydrogen-bond acceptors (Lipinski definition) is 5. The van der Waals surface area contributed by atoms with Crippen molar-refractivity contribution < 1.29 is 4.79 Å². The molecule has 1 aromatic heterocycles. The largest absolute Gasteiger partial charge is 0.366 e. The van der Waals surface area contributed by atoms with E-state index in [4.69, 9.17) is 5.73 Å². The van der Waals surface area contributed by atoms with E-state index in [1.54, 1.807) is 16.7 Å². The lowest BCUT2D eigenvalue weighted by molar-refractivity contribution is 0.0908. The Kier molecular flexibility index (Phi) is 5.26. The van der Waals surface area contributed by atoms with Gasteiger partial charge in [-0.2, -0.15) is 5.26 Å². The van der Waals surface area contributed by atoms with Gasteiger partial charge in [0.2, 0.25) is 5.91 Å². The second kappa shape index (κ2) is 7.58. The first-order valence-electron chi connectivity index (χ1n) is 7.93. The topological polar surface area (TPSA) is 73.4 Å². The van der Waals surface area contributed by atoms with Crippen LogP contribution in [0, 0.1) is 11.3 Å². The molecule has 0 saturated carbocycles. The number of nitrogens with zero attached hydrogens (tertiary/aromatic N) is 3. The number of amides is 1. The number of piperazine rings is 1. The Bertz CT molecular complexity index is 737. The summed E-state index contributed by atoms with van der Waals surface area (Å²) in [6.45, 7) is 4.05. The zero-order valence-corrected chi connectivity index (χ0v) is 14.2. The normalized spacial score (nSPS) is 19.0. The summed E-state index contributed by atoms with van der Waals surface area (Å²) in [6.07, 6.45) is 0. The van der Waals surface area contributed by atoms with E-state index >= 15 is 0 Å². The van der Waals surface area contributed by atoms with Crippen LogP contribution in [0.15, 0.2) is 41.8 Å². The number of carbonyl (C=O) groups is 1. The van der Waals surface area contributed by atoms with Gasteiger partial charge in [-0.25, -0.2) is 0 Å². The monoisotopic (exact) mass is 340 g/mol. The van der Waals surface area contributed by atoms with Crippen LogP contribution in [0.25, 0.3) is 0 Å². The van der Waals surface area contributed by atoms with Gasteiger partial charge in [-0.05, 0) is 11.6 Å². The highest BCUT2D eigenvalue weighted by Gasteiger charge is 2.27. The van der Waals surface area contributed by atoms with E-state index in [-0.39, 0.29) is 11.9 Å². The molecule has 0 bridgehead atoms. The van der Waals surface area contributed by atoms with Gasteiger partial charge in [0.25, 0.3) is 0 Å². The summed E-state index contributed by atoms with van der Waals surface area (Å²) in [5, 5.41) is 11.3. The Morgan fingerprint density at radius 1 is 1.29 bits per heavy atom. The van der Waals surface area contributed by atoms with Gasteiger partial charge in [-0.1, -0.05) is 30.3 Å².